The Morgan fingerprint density at radius 2 is 1.78 bits per heavy atom. The van der Waals surface area contributed by atoms with Crippen molar-refractivity contribution >= 4 is 50.0 Å². The quantitative estimate of drug-likeness (QED) is 0.433. The van der Waals surface area contributed by atoms with Crippen LogP contribution in [-0.4, -0.2) is 30.4 Å². The van der Waals surface area contributed by atoms with Crippen LogP contribution in [0.3, 0.4) is 0 Å². The van der Waals surface area contributed by atoms with Gasteiger partial charge in [0.15, 0.2) is 0 Å². The normalized spacial score (nSPS) is 11.7. The third-order valence-corrected chi connectivity index (χ3v) is 5.69. The second kappa shape index (κ2) is 8.16. The molecule has 4 aromatic rings. The highest BCUT2D eigenvalue weighted by atomic mass is 35.5. The van der Waals surface area contributed by atoms with Crippen molar-refractivity contribution in [1.29, 1.82) is 0 Å². The molecular formula is C21H13Cl2F2N3O3S. The summed E-state index contributed by atoms with van der Waals surface area (Å²) in [5, 5.41) is 5.12. The second-order valence-corrected chi connectivity index (χ2v) is 9.53. The summed E-state index contributed by atoms with van der Waals surface area (Å²) in [6.45, 7) is 0. The van der Waals surface area contributed by atoms with E-state index in [0.717, 1.165) is 18.4 Å². The van der Waals surface area contributed by atoms with Gasteiger partial charge in [0.25, 0.3) is 5.91 Å². The summed E-state index contributed by atoms with van der Waals surface area (Å²) in [6.07, 6.45) is 2.28. The zero-order valence-electron chi connectivity index (χ0n) is 16.2. The Labute approximate surface area is 191 Å². The zero-order chi connectivity index (χ0) is 23.2. The van der Waals surface area contributed by atoms with Gasteiger partial charge in [-0.15, -0.1) is 0 Å². The van der Waals surface area contributed by atoms with E-state index in [9.17, 15) is 22.0 Å². The molecule has 0 aliphatic carbocycles. The molecule has 0 saturated carbocycles. The maximum atomic E-state index is 14.6. The SMILES string of the molecule is CS(=O)(=O)NC(=O)c1cc(Cl)c(-n2ncc3cc(-c4ccc(Cl)cc4F)ccc32)cc1F. The van der Waals surface area contributed by atoms with Gasteiger partial charge in [0, 0.05) is 22.0 Å². The summed E-state index contributed by atoms with van der Waals surface area (Å²) >= 11 is 12.1. The van der Waals surface area contributed by atoms with E-state index in [1.165, 1.54) is 16.9 Å². The molecular weight excluding hydrogens is 483 g/mol. The molecule has 0 unspecified atom stereocenters. The average Bonchev–Trinajstić information content (AvgIpc) is 3.11. The number of rotatable bonds is 4. The third kappa shape index (κ3) is 4.32. The molecule has 3 aromatic carbocycles. The molecule has 0 saturated heterocycles. The van der Waals surface area contributed by atoms with E-state index in [1.54, 1.807) is 35.1 Å². The van der Waals surface area contributed by atoms with E-state index < -0.39 is 33.1 Å². The maximum absolute atomic E-state index is 14.6. The van der Waals surface area contributed by atoms with Gasteiger partial charge >= 0.3 is 0 Å². The van der Waals surface area contributed by atoms with Gasteiger partial charge in [0.05, 0.1) is 34.2 Å². The van der Waals surface area contributed by atoms with Crippen molar-refractivity contribution in [1.82, 2.24) is 14.5 Å². The monoisotopic (exact) mass is 495 g/mol. The molecule has 0 atom stereocenters. The average molecular weight is 496 g/mol. The minimum Gasteiger partial charge on any atom is -0.268 e. The lowest BCUT2D eigenvalue weighted by Gasteiger charge is -2.10. The Morgan fingerprint density at radius 1 is 1.03 bits per heavy atom. The van der Waals surface area contributed by atoms with Crippen molar-refractivity contribution in [2.24, 2.45) is 0 Å². The number of hydrogen-bond donors (Lipinski definition) is 1. The topological polar surface area (TPSA) is 81.1 Å². The second-order valence-electron chi connectivity index (χ2n) is 6.94. The van der Waals surface area contributed by atoms with Gasteiger partial charge in [0.2, 0.25) is 10.0 Å². The molecule has 1 amide bonds. The molecule has 0 aliphatic rings. The fourth-order valence-electron chi connectivity index (χ4n) is 3.21. The molecule has 0 spiro atoms. The largest absolute Gasteiger partial charge is 0.268 e. The van der Waals surface area contributed by atoms with E-state index in [2.05, 4.69) is 5.10 Å². The summed E-state index contributed by atoms with van der Waals surface area (Å²) < 4.78 is 54.4. The zero-order valence-corrected chi connectivity index (χ0v) is 18.6. The van der Waals surface area contributed by atoms with Crippen LogP contribution in [0.4, 0.5) is 8.78 Å². The lowest BCUT2D eigenvalue weighted by Crippen LogP contribution is -2.30. The number of carbonyl (C=O) groups is 1. The van der Waals surface area contributed by atoms with Gasteiger partial charge in [0.1, 0.15) is 11.6 Å². The Hall–Kier alpha value is -3.01. The minimum absolute atomic E-state index is 0.0251. The van der Waals surface area contributed by atoms with Crippen LogP contribution in [0.2, 0.25) is 10.0 Å². The van der Waals surface area contributed by atoms with Crippen LogP contribution in [0.15, 0.2) is 54.7 Å². The number of halogens is 4. The molecule has 11 heteroatoms. The number of amides is 1. The van der Waals surface area contributed by atoms with Crippen molar-refractivity contribution in [2.75, 3.05) is 6.26 Å². The minimum atomic E-state index is -3.88. The van der Waals surface area contributed by atoms with E-state index >= 15 is 0 Å². The fraction of sp³-hybridized carbons (Fsp3) is 0.0476. The molecule has 6 nitrogen and oxygen atoms in total. The molecule has 0 aliphatic heterocycles. The Kier molecular flexibility index (Phi) is 5.66. The van der Waals surface area contributed by atoms with Crippen molar-refractivity contribution in [3.8, 4) is 16.8 Å². The number of fused-ring (bicyclic) bond motifs is 1. The number of sulfonamides is 1. The molecule has 0 bridgehead atoms. The van der Waals surface area contributed by atoms with E-state index in [0.29, 0.717) is 22.0 Å². The molecule has 1 aromatic heterocycles. The van der Waals surface area contributed by atoms with Crippen LogP contribution in [0.1, 0.15) is 10.4 Å². The summed E-state index contributed by atoms with van der Waals surface area (Å²) in [5.74, 6) is -2.59. The van der Waals surface area contributed by atoms with Gasteiger partial charge in [-0.05, 0) is 42.0 Å². The number of carbonyl (C=O) groups excluding carboxylic acids is 1. The van der Waals surface area contributed by atoms with Gasteiger partial charge in [-0.25, -0.2) is 26.6 Å². The first-order valence-electron chi connectivity index (χ1n) is 8.98. The first-order valence-corrected chi connectivity index (χ1v) is 11.6. The van der Waals surface area contributed by atoms with Crippen LogP contribution in [-0.2, 0) is 10.0 Å². The molecule has 0 fully saturated rings. The standard InChI is InChI=1S/C21H13Cl2F2N3O3S/c1-32(30,31)27-21(29)15-8-16(23)20(9-18(15)25)28-19-5-2-11(6-12(19)10-26-28)14-4-3-13(22)7-17(14)24/h2-10H,1H3,(H,27,29). The molecule has 1 heterocycles. The number of nitrogens with one attached hydrogen (secondary N) is 1. The van der Waals surface area contributed by atoms with Crippen LogP contribution in [0.25, 0.3) is 27.7 Å². The number of hydrogen-bond acceptors (Lipinski definition) is 4. The van der Waals surface area contributed by atoms with Crippen molar-refractivity contribution in [2.45, 2.75) is 0 Å². The van der Waals surface area contributed by atoms with E-state index in [4.69, 9.17) is 23.2 Å². The van der Waals surface area contributed by atoms with Gasteiger partial charge in [-0.1, -0.05) is 29.3 Å². The smallest absolute Gasteiger partial charge is 0.267 e. The van der Waals surface area contributed by atoms with Crippen molar-refractivity contribution in [3.05, 3.63) is 82.0 Å². The van der Waals surface area contributed by atoms with Gasteiger partial charge < -0.3 is 0 Å². The number of nitrogens with zero attached hydrogens (tertiary/aromatic N) is 2. The van der Waals surface area contributed by atoms with Crippen LogP contribution in [0, 0.1) is 11.6 Å². The van der Waals surface area contributed by atoms with Crippen LogP contribution >= 0.6 is 23.2 Å². The fourth-order valence-corrected chi connectivity index (χ4v) is 4.06. The first kappa shape index (κ1) is 22.2. The first-order chi connectivity index (χ1) is 15.0. The molecule has 0 radical (unpaired) electrons. The molecule has 1 N–H and O–H groups in total. The Bertz CT molecular complexity index is 1500. The molecule has 4 rings (SSSR count). The predicted molar refractivity (Wildman–Crippen MR) is 119 cm³/mol. The van der Waals surface area contributed by atoms with Crippen molar-refractivity contribution in [3.63, 3.8) is 0 Å². The Morgan fingerprint density at radius 3 is 2.47 bits per heavy atom. The predicted octanol–water partition coefficient (Wildman–Crippen LogP) is 4.97. The highest BCUT2D eigenvalue weighted by molar-refractivity contribution is 7.89. The highest BCUT2D eigenvalue weighted by Gasteiger charge is 2.20. The lowest BCUT2D eigenvalue weighted by molar-refractivity contribution is 0.0978. The van der Waals surface area contributed by atoms with Crippen LogP contribution < -0.4 is 4.72 Å². The van der Waals surface area contributed by atoms with Crippen LogP contribution in [0.5, 0.6) is 0 Å². The summed E-state index contributed by atoms with van der Waals surface area (Å²) in [7, 11) is -3.88. The molecule has 164 valence electrons. The van der Waals surface area contributed by atoms with Crippen molar-refractivity contribution < 1.29 is 22.0 Å². The molecule has 32 heavy (non-hydrogen) atoms. The van der Waals surface area contributed by atoms with E-state index in [-0.39, 0.29) is 15.7 Å². The third-order valence-electron chi connectivity index (χ3n) is 4.60. The summed E-state index contributed by atoms with van der Waals surface area (Å²) in [4.78, 5) is 12.0. The maximum Gasteiger partial charge on any atom is 0.267 e. The lowest BCUT2D eigenvalue weighted by atomic mass is 10.0. The van der Waals surface area contributed by atoms with Gasteiger partial charge in [-0.2, -0.15) is 5.10 Å². The Balaban J connectivity index is 1.76. The number of benzene rings is 3. The highest BCUT2D eigenvalue weighted by Crippen LogP contribution is 2.31. The summed E-state index contributed by atoms with van der Waals surface area (Å²) in [5.41, 5.74) is 1.12. The van der Waals surface area contributed by atoms with E-state index in [1.807, 2.05) is 0 Å². The summed E-state index contributed by atoms with van der Waals surface area (Å²) in [6, 6.07) is 11.4. The van der Waals surface area contributed by atoms with Gasteiger partial charge in [-0.3, -0.25) is 4.79 Å². The number of aromatic nitrogens is 2.